The van der Waals surface area contributed by atoms with Crippen LogP contribution >= 0.6 is 0 Å². The van der Waals surface area contributed by atoms with Gasteiger partial charge >= 0.3 is 0 Å². The summed E-state index contributed by atoms with van der Waals surface area (Å²) in [4.78, 5) is 18.3. The van der Waals surface area contributed by atoms with E-state index in [2.05, 4.69) is 42.9 Å². The maximum Gasteiger partial charge on any atom is 0.226 e. The Morgan fingerprint density at radius 3 is 2.45 bits per heavy atom. The molecule has 1 amide bonds. The highest BCUT2D eigenvalue weighted by atomic mass is 16.1. The number of aromatic nitrogens is 1. The number of hydrogen-bond donors (Lipinski definition) is 2. The molecule has 1 rings (SSSR count). The van der Waals surface area contributed by atoms with Crippen LogP contribution < -0.4 is 11.1 Å². The summed E-state index contributed by atoms with van der Waals surface area (Å²) in [6, 6.07) is 4.49. The van der Waals surface area contributed by atoms with Gasteiger partial charge in [0, 0.05) is 30.9 Å². The molecule has 112 valence electrons. The van der Waals surface area contributed by atoms with Gasteiger partial charge in [0.1, 0.15) is 0 Å². The standard InChI is InChI=1S/C15H26N4O/c1-11(2)19(12(3)4)8-7-17-15(20)9-14-6-5-13(16)10-18-14/h5-6,10-12H,7-9,16H2,1-4H3,(H,17,20). The molecule has 0 saturated carbocycles. The van der Waals surface area contributed by atoms with Gasteiger partial charge in [0.15, 0.2) is 0 Å². The largest absolute Gasteiger partial charge is 0.397 e. The minimum Gasteiger partial charge on any atom is -0.397 e. The van der Waals surface area contributed by atoms with Crippen molar-refractivity contribution in [2.24, 2.45) is 0 Å². The van der Waals surface area contributed by atoms with Crippen molar-refractivity contribution in [2.45, 2.75) is 46.2 Å². The van der Waals surface area contributed by atoms with E-state index in [1.165, 1.54) is 0 Å². The van der Waals surface area contributed by atoms with E-state index >= 15 is 0 Å². The molecule has 0 saturated heterocycles. The maximum atomic E-state index is 11.8. The number of amides is 1. The quantitative estimate of drug-likeness (QED) is 0.792. The van der Waals surface area contributed by atoms with Gasteiger partial charge in [0.2, 0.25) is 5.91 Å². The zero-order chi connectivity index (χ0) is 15.1. The smallest absolute Gasteiger partial charge is 0.226 e. The lowest BCUT2D eigenvalue weighted by Gasteiger charge is -2.30. The second-order valence-electron chi connectivity index (χ2n) is 5.53. The first kappa shape index (κ1) is 16.4. The molecular weight excluding hydrogens is 252 g/mol. The highest BCUT2D eigenvalue weighted by Crippen LogP contribution is 2.04. The van der Waals surface area contributed by atoms with Crippen molar-refractivity contribution >= 4 is 11.6 Å². The highest BCUT2D eigenvalue weighted by molar-refractivity contribution is 5.78. The molecule has 1 aromatic rings. The molecule has 0 aliphatic carbocycles. The van der Waals surface area contributed by atoms with Gasteiger partial charge in [-0.15, -0.1) is 0 Å². The maximum absolute atomic E-state index is 11.8. The van der Waals surface area contributed by atoms with E-state index in [4.69, 9.17) is 5.73 Å². The molecule has 0 aliphatic rings. The van der Waals surface area contributed by atoms with Crippen LogP contribution in [0, 0.1) is 0 Å². The van der Waals surface area contributed by atoms with E-state index in [9.17, 15) is 4.79 Å². The third-order valence-electron chi connectivity index (χ3n) is 3.21. The molecule has 0 unspecified atom stereocenters. The number of carbonyl (C=O) groups excluding carboxylic acids is 1. The van der Waals surface area contributed by atoms with Crippen LogP contribution in [0.5, 0.6) is 0 Å². The summed E-state index contributed by atoms with van der Waals surface area (Å²) in [6.07, 6.45) is 1.87. The second kappa shape index (κ2) is 7.85. The molecule has 0 radical (unpaired) electrons. The van der Waals surface area contributed by atoms with Crippen molar-refractivity contribution in [1.29, 1.82) is 0 Å². The number of hydrogen-bond acceptors (Lipinski definition) is 4. The lowest BCUT2D eigenvalue weighted by molar-refractivity contribution is -0.120. The van der Waals surface area contributed by atoms with Crippen LogP contribution in [-0.2, 0) is 11.2 Å². The van der Waals surface area contributed by atoms with Gasteiger partial charge in [-0.2, -0.15) is 0 Å². The van der Waals surface area contributed by atoms with Gasteiger partial charge in [-0.3, -0.25) is 14.7 Å². The van der Waals surface area contributed by atoms with E-state index in [0.717, 1.165) is 12.2 Å². The third-order valence-corrected chi connectivity index (χ3v) is 3.21. The summed E-state index contributed by atoms with van der Waals surface area (Å²) >= 11 is 0. The van der Waals surface area contributed by atoms with E-state index < -0.39 is 0 Å². The van der Waals surface area contributed by atoms with Gasteiger partial charge in [-0.1, -0.05) is 0 Å². The fraction of sp³-hybridized carbons (Fsp3) is 0.600. The minimum absolute atomic E-state index is 0.00488. The van der Waals surface area contributed by atoms with Gasteiger partial charge in [0.25, 0.3) is 0 Å². The summed E-state index contributed by atoms with van der Waals surface area (Å²) in [5, 5.41) is 2.93. The average Bonchev–Trinajstić information content (AvgIpc) is 2.36. The molecule has 0 spiro atoms. The number of nitrogens with one attached hydrogen (secondary N) is 1. The van der Waals surface area contributed by atoms with Crippen LogP contribution in [0.25, 0.3) is 0 Å². The van der Waals surface area contributed by atoms with Gasteiger partial charge in [-0.25, -0.2) is 0 Å². The number of nitrogens with zero attached hydrogens (tertiary/aromatic N) is 2. The number of anilines is 1. The van der Waals surface area contributed by atoms with E-state index in [0.29, 0.717) is 30.7 Å². The normalized spacial score (nSPS) is 11.3. The van der Waals surface area contributed by atoms with E-state index in [-0.39, 0.29) is 5.91 Å². The number of carbonyl (C=O) groups is 1. The first-order valence-corrected chi connectivity index (χ1v) is 7.13. The van der Waals surface area contributed by atoms with Crippen LogP contribution in [0.15, 0.2) is 18.3 Å². The Balaban J connectivity index is 2.34. The van der Waals surface area contributed by atoms with Crippen molar-refractivity contribution < 1.29 is 4.79 Å². The third kappa shape index (κ3) is 5.57. The SMILES string of the molecule is CC(C)N(CCNC(=O)Cc1ccc(N)cn1)C(C)C. The topological polar surface area (TPSA) is 71.2 Å². The first-order valence-electron chi connectivity index (χ1n) is 7.13. The van der Waals surface area contributed by atoms with Crippen molar-refractivity contribution in [3.05, 3.63) is 24.0 Å². The zero-order valence-corrected chi connectivity index (χ0v) is 12.9. The molecule has 0 atom stereocenters. The summed E-state index contributed by atoms with van der Waals surface area (Å²) < 4.78 is 0. The molecular formula is C15H26N4O. The molecule has 5 heteroatoms. The van der Waals surface area contributed by atoms with E-state index in [1.54, 1.807) is 18.3 Å². The minimum atomic E-state index is -0.00488. The van der Waals surface area contributed by atoms with Gasteiger partial charge in [-0.05, 0) is 39.8 Å². The zero-order valence-electron chi connectivity index (χ0n) is 12.9. The number of nitrogens with two attached hydrogens (primary N) is 1. The Kier molecular flexibility index (Phi) is 6.45. The lowest BCUT2D eigenvalue weighted by atomic mass is 10.2. The monoisotopic (exact) mass is 278 g/mol. The van der Waals surface area contributed by atoms with Crippen molar-refractivity contribution in [3.8, 4) is 0 Å². The molecule has 0 fully saturated rings. The van der Waals surface area contributed by atoms with Gasteiger partial charge < -0.3 is 11.1 Å². The van der Waals surface area contributed by atoms with E-state index in [1.807, 2.05) is 0 Å². The summed E-state index contributed by atoms with van der Waals surface area (Å²) in [5.41, 5.74) is 6.91. The second-order valence-corrected chi connectivity index (χ2v) is 5.53. The van der Waals surface area contributed by atoms with Crippen molar-refractivity contribution in [3.63, 3.8) is 0 Å². The Morgan fingerprint density at radius 2 is 1.95 bits per heavy atom. The molecule has 0 aromatic carbocycles. The fourth-order valence-electron chi connectivity index (χ4n) is 2.20. The van der Waals surface area contributed by atoms with Crippen LogP contribution in [0.4, 0.5) is 5.69 Å². The molecule has 3 N–H and O–H groups in total. The number of rotatable bonds is 7. The number of nitrogen functional groups attached to an aromatic ring is 1. The van der Waals surface area contributed by atoms with Crippen molar-refractivity contribution in [2.75, 3.05) is 18.8 Å². The Morgan fingerprint density at radius 1 is 1.30 bits per heavy atom. The summed E-state index contributed by atoms with van der Waals surface area (Å²) in [7, 11) is 0. The molecule has 0 bridgehead atoms. The highest BCUT2D eigenvalue weighted by Gasteiger charge is 2.13. The van der Waals surface area contributed by atoms with Crippen LogP contribution in [0.1, 0.15) is 33.4 Å². The van der Waals surface area contributed by atoms with Crippen LogP contribution in [0.2, 0.25) is 0 Å². The van der Waals surface area contributed by atoms with Crippen LogP contribution in [0.3, 0.4) is 0 Å². The fourth-order valence-corrected chi connectivity index (χ4v) is 2.20. The number of pyridine rings is 1. The Labute approximate surface area is 121 Å². The molecule has 1 heterocycles. The van der Waals surface area contributed by atoms with Crippen LogP contribution in [-0.4, -0.2) is 41.0 Å². The summed E-state index contributed by atoms with van der Waals surface area (Å²) in [6.45, 7) is 10.2. The van der Waals surface area contributed by atoms with Crippen molar-refractivity contribution in [1.82, 2.24) is 15.2 Å². The lowest BCUT2D eigenvalue weighted by Crippen LogP contribution is -2.42. The average molecular weight is 278 g/mol. The molecule has 5 nitrogen and oxygen atoms in total. The summed E-state index contributed by atoms with van der Waals surface area (Å²) in [5.74, 6) is -0.00488. The predicted molar refractivity (Wildman–Crippen MR) is 82.3 cm³/mol. The molecule has 0 aliphatic heterocycles. The predicted octanol–water partition coefficient (Wildman–Crippen LogP) is 1.44. The molecule has 1 aromatic heterocycles. The Hall–Kier alpha value is -1.62. The first-order chi connectivity index (χ1) is 9.40. The molecule has 20 heavy (non-hydrogen) atoms. The van der Waals surface area contributed by atoms with Gasteiger partial charge in [0.05, 0.1) is 18.3 Å². The Bertz CT molecular complexity index is 406.